The van der Waals surface area contributed by atoms with E-state index in [1.165, 1.54) is 12.1 Å². The predicted octanol–water partition coefficient (Wildman–Crippen LogP) is 5.57. The normalized spacial score (nSPS) is 12.1. The zero-order valence-corrected chi connectivity index (χ0v) is 17.1. The Bertz CT molecular complexity index is 1040. The molecule has 164 valence electrons. The monoisotopic (exact) mass is 433 g/mol. The number of ether oxygens (including phenoxy) is 2. The summed E-state index contributed by atoms with van der Waals surface area (Å²) in [6, 6.07) is 13.5. The molecule has 0 aliphatic rings. The summed E-state index contributed by atoms with van der Waals surface area (Å²) in [6.45, 7) is 2.48. The molecule has 0 amide bonds. The van der Waals surface area contributed by atoms with Crippen molar-refractivity contribution in [1.82, 2.24) is 4.98 Å². The standard InChI is InChI=1S/C23H22F3NO4/c1-15(10-11-28)18-4-3-5-20(12-18)29-13-21-16(2)31-22(27-21)17-6-8-19(9-7-17)30-14-23(24,25)26/h3-10,12,28H,11,13-14H2,1-2H3/b15-10+. The number of nitrogens with zero attached hydrogens (tertiary/aromatic N) is 1. The fourth-order valence-electron chi connectivity index (χ4n) is 2.78. The van der Waals surface area contributed by atoms with Gasteiger partial charge in [0.1, 0.15) is 29.6 Å². The summed E-state index contributed by atoms with van der Waals surface area (Å²) in [5.41, 5.74) is 3.10. The van der Waals surface area contributed by atoms with E-state index < -0.39 is 12.8 Å². The first-order chi connectivity index (χ1) is 14.7. The molecule has 0 aliphatic heterocycles. The van der Waals surface area contributed by atoms with Crippen LogP contribution in [0.3, 0.4) is 0 Å². The lowest BCUT2D eigenvalue weighted by Gasteiger charge is -2.08. The lowest BCUT2D eigenvalue weighted by atomic mass is 10.1. The zero-order chi connectivity index (χ0) is 22.4. The average molecular weight is 433 g/mol. The molecule has 5 nitrogen and oxygen atoms in total. The number of rotatable bonds is 8. The molecule has 0 radical (unpaired) electrons. The van der Waals surface area contributed by atoms with Crippen LogP contribution in [0.15, 0.2) is 59.0 Å². The van der Waals surface area contributed by atoms with Crippen molar-refractivity contribution in [1.29, 1.82) is 0 Å². The Balaban J connectivity index is 1.66. The molecule has 3 rings (SSSR count). The van der Waals surface area contributed by atoms with Crippen LogP contribution in [0.2, 0.25) is 0 Å². The van der Waals surface area contributed by atoms with Crippen molar-refractivity contribution < 1.29 is 32.2 Å². The Labute approximate surface area is 177 Å². The van der Waals surface area contributed by atoms with Crippen LogP contribution in [0.1, 0.15) is 23.9 Å². The van der Waals surface area contributed by atoms with Crippen molar-refractivity contribution in [3.63, 3.8) is 0 Å². The molecule has 3 aromatic rings. The SMILES string of the molecule is C/C(=C\CO)c1cccc(OCc2nc(-c3ccc(OCC(F)(F)F)cc3)oc2C)c1. The molecule has 8 heteroatoms. The van der Waals surface area contributed by atoms with Crippen molar-refractivity contribution in [2.24, 2.45) is 0 Å². The Morgan fingerprint density at radius 3 is 2.52 bits per heavy atom. The molecule has 1 heterocycles. The van der Waals surface area contributed by atoms with Crippen molar-refractivity contribution in [2.45, 2.75) is 26.6 Å². The second-order valence-corrected chi connectivity index (χ2v) is 6.84. The lowest BCUT2D eigenvalue weighted by Crippen LogP contribution is -2.19. The fraction of sp³-hybridized carbons (Fsp3) is 0.261. The number of benzene rings is 2. The summed E-state index contributed by atoms with van der Waals surface area (Å²) in [5, 5.41) is 9.04. The molecule has 0 saturated heterocycles. The van der Waals surface area contributed by atoms with Crippen LogP contribution in [-0.2, 0) is 6.61 Å². The summed E-state index contributed by atoms with van der Waals surface area (Å²) in [5.74, 6) is 1.69. The first-order valence-corrected chi connectivity index (χ1v) is 9.52. The maximum Gasteiger partial charge on any atom is 0.422 e. The highest BCUT2D eigenvalue weighted by Gasteiger charge is 2.28. The van der Waals surface area contributed by atoms with E-state index in [2.05, 4.69) is 4.98 Å². The first kappa shape index (κ1) is 22.4. The third-order valence-electron chi connectivity index (χ3n) is 4.46. The molecule has 0 spiro atoms. The first-order valence-electron chi connectivity index (χ1n) is 9.52. The number of aliphatic hydroxyl groups is 1. The summed E-state index contributed by atoms with van der Waals surface area (Å²) < 4.78 is 53.0. The highest BCUT2D eigenvalue weighted by molar-refractivity contribution is 5.64. The second-order valence-electron chi connectivity index (χ2n) is 6.84. The van der Waals surface area contributed by atoms with Gasteiger partial charge in [-0.3, -0.25) is 0 Å². The molecular weight excluding hydrogens is 411 g/mol. The number of allylic oxidation sites excluding steroid dienone is 1. The van der Waals surface area contributed by atoms with Crippen LogP contribution in [0.4, 0.5) is 13.2 Å². The number of aryl methyl sites for hydroxylation is 1. The van der Waals surface area contributed by atoms with Gasteiger partial charge in [-0.2, -0.15) is 13.2 Å². The number of aromatic nitrogens is 1. The highest BCUT2D eigenvalue weighted by Crippen LogP contribution is 2.26. The summed E-state index contributed by atoms with van der Waals surface area (Å²) in [6.07, 6.45) is -2.67. The minimum atomic E-state index is -4.39. The number of halogens is 3. The minimum Gasteiger partial charge on any atom is -0.487 e. The number of hydrogen-bond donors (Lipinski definition) is 1. The van der Waals surface area contributed by atoms with Gasteiger partial charge in [0.15, 0.2) is 6.61 Å². The Morgan fingerprint density at radius 2 is 1.84 bits per heavy atom. The fourth-order valence-corrected chi connectivity index (χ4v) is 2.78. The van der Waals surface area contributed by atoms with E-state index in [4.69, 9.17) is 19.0 Å². The van der Waals surface area contributed by atoms with Gasteiger partial charge in [0.2, 0.25) is 5.89 Å². The summed E-state index contributed by atoms with van der Waals surface area (Å²) in [4.78, 5) is 4.44. The van der Waals surface area contributed by atoms with E-state index in [0.29, 0.717) is 28.7 Å². The lowest BCUT2D eigenvalue weighted by molar-refractivity contribution is -0.153. The van der Waals surface area contributed by atoms with E-state index in [1.54, 1.807) is 25.1 Å². The number of oxazole rings is 1. The molecule has 2 aromatic carbocycles. The Morgan fingerprint density at radius 1 is 1.10 bits per heavy atom. The van der Waals surface area contributed by atoms with Crippen molar-refractivity contribution in [2.75, 3.05) is 13.2 Å². The van der Waals surface area contributed by atoms with Crippen LogP contribution >= 0.6 is 0 Å². The largest absolute Gasteiger partial charge is 0.487 e. The second kappa shape index (κ2) is 9.70. The zero-order valence-electron chi connectivity index (χ0n) is 17.1. The maximum atomic E-state index is 12.2. The van der Waals surface area contributed by atoms with E-state index in [1.807, 2.05) is 31.2 Å². The van der Waals surface area contributed by atoms with Crippen molar-refractivity contribution in [3.05, 3.63) is 71.6 Å². The maximum absolute atomic E-state index is 12.2. The molecule has 1 N–H and O–H groups in total. The van der Waals surface area contributed by atoms with Crippen molar-refractivity contribution in [3.8, 4) is 23.0 Å². The molecule has 0 aliphatic carbocycles. The number of alkyl halides is 3. The smallest absolute Gasteiger partial charge is 0.422 e. The van der Waals surface area contributed by atoms with Gasteiger partial charge in [-0.1, -0.05) is 18.2 Å². The van der Waals surface area contributed by atoms with Gasteiger partial charge >= 0.3 is 6.18 Å². The van der Waals surface area contributed by atoms with Gasteiger partial charge in [0.05, 0.1) is 6.61 Å². The van der Waals surface area contributed by atoms with Crippen LogP contribution in [-0.4, -0.2) is 29.5 Å². The van der Waals surface area contributed by atoms with Crippen molar-refractivity contribution >= 4 is 5.57 Å². The highest BCUT2D eigenvalue weighted by atomic mass is 19.4. The molecule has 31 heavy (non-hydrogen) atoms. The quantitative estimate of drug-likeness (QED) is 0.504. The average Bonchev–Trinajstić information content (AvgIpc) is 3.11. The summed E-state index contributed by atoms with van der Waals surface area (Å²) >= 11 is 0. The van der Waals surface area contributed by atoms with E-state index in [0.717, 1.165) is 11.1 Å². The molecule has 0 bridgehead atoms. The Hall–Kier alpha value is -3.26. The van der Waals surface area contributed by atoms with Crippen LogP contribution < -0.4 is 9.47 Å². The number of aliphatic hydroxyl groups excluding tert-OH is 1. The molecule has 0 saturated carbocycles. The van der Waals surface area contributed by atoms with Crippen LogP contribution in [0.25, 0.3) is 17.0 Å². The van der Waals surface area contributed by atoms with Gasteiger partial charge in [0, 0.05) is 5.56 Å². The Kier molecular flexibility index (Phi) is 7.02. The third kappa shape index (κ3) is 6.36. The molecule has 0 unspecified atom stereocenters. The van der Waals surface area contributed by atoms with E-state index >= 15 is 0 Å². The molecule has 0 atom stereocenters. The van der Waals surface area contributed by atoms with E-state index in [9.17, 15) is 13.2 Å². The van der Waals surface area contributed by atoms with E-state index in [-0.39, 0.29) is 19.0 Å². The van der Waals surface area contributed by atoms with Gasteiger partial charge in [0.25, 0.3) is 0 Å². The number of hydrogen-bond acceptors (Lipinski definition) is 5. The molecular formula is C23H22F3NO4. The predicted molar refractivity (Wildman–Crippen MR) is 110 cm³/mol. The topological polar surface area (TPSA) is 64.7 Å². The van der Waals surface area contributed by atoms with Gasteiger partial charge < -0.3 is 19.0 Å². The van der Waals surface area contributed by atoms with Gasteiger partial charge in [-0.25, -0.2) is 4.98 Å². The molecule has 1 aromatic heterocycles. The van der Waals surface area contributed by atoms with Crippen LogP contribution in [0.5, 0.6) is 11.5 Å². The molecule has 0 fully saturated rings. The van der Waals surface area contributed by atoms with Gasteiger partial charge in [-0.05, 0) is 61.4 Å². The third-order valence-corrected chi connectivity index (χ3v) is 4.46. The summed E-state index contributed by atoms with van der Waals surface area (Å²) in [7, 11) is 0. The van der Waals surface area contributed by atoms with Gasteiger partial charge in [-0.15, -0.1) is 0 Å². The van der Waals surface area contributed by atoms with Crippen LogP contribution in [0, 0.1) is 6.92 Å². The minimum absolute atomic E-state index is 0.0345.